The summed E-state index contributed by atoms with van der Waals surface area (Å²) in [7, 11) is 2.04. The second kappa shape index (κ2) is 5.60. The van der Waals surface area contributed by atoms with E-state index in [4.69, 9.17) is 0 Å². The van der Waals surface area contributed by atoms with E-state index >= 15 is 0 Å². The van der Waals surface area contributed by atoms with Gasteiger partial charge < -0.3 is 0 Å². The highest BCUT2D eigenvalue weighted by atomic mass is 19.1. The van der Waals surface area contributed by atoms with Gasteiger partial charge >= 0.3 is 0 Å². The Labute approximate surface area is 102 Å². The van der Waals surface area contributed by atoms with E-state index in [0.29, 0.717) is 0 Å². The molecule has 0 N–H and O–H groups in total. The maximum atomic E-state index is 13.0. The molecule has 0 aliphatic heterocycles. The summed E-state index contributed by atoms with van der Waals surface area (Å²) in [5, 5.41) is 0. The zero-order chi connectivity index (χ0) is 12.1. The van der Waals surface area contributed by atoms with Gasteiger partial charge in [0.2, 0.25) is 0 Å². The van der Waals surface area contributed by atoms with Crippen LogP contribution < -0.4 is 0 Å². The first kappa shape index (κ1) is 11.8. The number of hydrogen-bond donors (Lipinski definition) is 0. The second-order valence-electron chi connectivity index (χ2n) is 4.29. The molecule has 0 bridgehead atoms. The highest BCUT2D eigenvalue weighted by Crippen LogP contribution is 2.09. The summed E-state index contributed by atoms with van der Waals surface area (Å²) >= 11 is 0. The Bertz CT molecular complexity index is 467. The number of nitrogens with zero attached hydrogens (tertiary/aromatic N) is 1. The molecule has 0 spiro atoms. The fraction of sp³-hybridized carbons (Fsp3) is 0.200. The molecule has 0 aromatic heterocycles. The molecule has 0 atom stereocenters. The number of halogens is 1. The highest BCUT2D eigenvalue weighted by molar-refractivity contribution is 5.17. The van der Waals surface area contributed by atoms with Crippen molar-refractivity contribution in [3.63, 3.8) is 0 Å². The lowest BCUT2D eigenvalue weighted by Crippen LogP contribution is -2.17. The molecule has 2 aromatic rings. The van der Waals surface area contributed by atoms with Crippen molar-refractivity contribution < 1.29 is 4.39 Å². The Morgan fingerprint density at radius 3 is 2.24 bits per heavy atom. The van der Waals surface area contributed by atoms with Gasteiger partial charge in [0.1, 0.15) is 5.82 Å². The average molecular weight is 229 g/mol. The van der Waals surface area contributed by atoms with Crippen molar-refractivity contribution in [2.75, 3.05) is 7.05 Å². The molecule has 0 aliphatic rings. The van der Waals surface area contributed by atoms with Crippen molar-refractivity contribution in [1.82, 2.24) is 4.90 Å². The molecule has 0 amide bonds. The molecule has 2 rings (SSSR count). The van der Waals surface area contributed by atoms with Crippen molar-refractivity contribution >= 4 is 0 Å². The van der Waals surface area contributed by atoms with Crippen molar-refractivity contribution in [2.45, 2.75) is 13.1 Å². The first-order valence-electron chi connectivity index (χ1n) is 5.71. The molecule has 0 heterocycles. The molecule has 0 saturated heterocycles. The summed E-state index contributed by atoms with van der Waals surface area (Å²) in [5.74, 6) is -0.171. The first-order chi connectivity index (χ1) is 8.24. The molecule has 0 aliphatic carbocycles. The molecule has 0 unspecified atom stereocenters. The van der Waals surface area contributed by atoms with Gasteiger partial charge in [-0.25, -0.2) is 4.39 Å². The number of hydrogen-bond acceptors (Lipinski definition) is 1. The van der Waals surface area contributed by atoms with Crippen molar-refractivity contribution in [2.24, 2.45) is 0 Å². The lowest BCUT2D eigenvalue weighted by molar-refractivity contribution is 0.318. The van der Waals surface area contributed by atoms with E-state index < -0.39 is 0 Å². The van der Waals surface area contributed by atoms with Crippen LogP contribution in [0.15, 0.2) is 54.6 Å². The maximum absolute atomic E-state index is 13.0. The summed E-state index contributed by atoms with van der Waals surface area (Å²) in [6.45, 7) is 1.63. The lowest BCUT2D eigenvalue weighted by Gasteiger charge is -2.16. The van der Waals surface area contributed by atoms with Gasteiger partial charge in [-0.2, -0.15) is 0 Å². The average Bonchev–Trinajstić information content (AvgIpc) is 2.30. The normalized spacial score (nSPS) is 10.8. The van der Waals surface area contributed by atoms with Crippen LogP contribution >= 0.6 is 0 Å². The third kappa shape index (κ3) is 3.68. The SMILES string of the molecule is CN(Cc1ccccc1)Cc1cccc(F)c1. The summed E-state index contributed by atoms with van der Waals surface area (Å²) in [6, 6.07) is 17.0. The Balaban J connectivity index is 1.96. The largest absolute Gasteiger partial charge is 0.298 e. The Kier molecular flexibility index (Phi) is 3.89. The van der Waals surface area contributed by atoms with Gasteiger partial charge in [0.15, 0.2) is 0 Å². The van der Waals surface area contributed by atoms with E-state index in [-0.39, 0.29) is 5.82 Å². The minimum Gasteiger partial charge on any atom is -0.298 e. The topological polar surface area (TPSA) is 3.24 Å². The van der Waals surface area contributed by atoms with Crippen LogP contribution in [0.4, 0.5) is 4.39 Å². The summed E-state index contributed by atoms with van der Waals surface area (Å²) < 4.78 is 13.0. The Hall–Kier alpha value is -1.67. The number of benzene rings is 2. The fourth-order valence-electron chi connectivity index (χ4n) is 1.90. The van der Waals surface area contributed by atoms with Crippen LogP contribution in [0.1, 0.15) is 11.1 Å². The molecule has 17 heavy (non-hydrogen) atoms. The van der Waals surface area contributed by atoms with Crippen LogP contribution in [-0.2, 0) is 13.1 Å². The van der Waals surface area contributed by atoms with Crippen molar-refractivity contribution in [3.05, 3.63) is 71.5 Å². The highest BCUT2D eigenvalue weighted by Gasteiger charge is 2.02. The van der Waals surface area contributed by atoms with Gasteiger partial charge in [-0.05, 0) is 30.3 Å². The first-order valence-corrected chi connectivity index (χ1v) is 5.71. The molecule has 88 valence electrons. The van der Waals surface area contributed by atoms with E-state index in [1.165, 1.54) is 11.6 Å². The minimum atomic E-state index is -0.171. The van der Waals surface area contributed by atoms with E-state index in [1.807, 2.05) is 31.3 Å². The summed E-state index contributed by atoms with van der Waals surface area (Å²) in [4.78, 5) is 2.17. The van der Waals surface area contributed by atoms with Crippen LogP contribution in [0.25, 0.3) is 0 Å². The molecule has 0 fully saturated rings. The third-order valence-corrected chi connectivity index (χ3v) is 2.64. The van der Waals surface area contributed by atoms with E-state index in [1.54, 1.807) is 12.1 Å². The van der Waals surface area contributed by atoms with Gasteiger partial charge in [-0.15, -0.1) is 0 Å². The predicted molar refractivity (Wildman–Crippen MR) is 68.0 cm³/mol. The predicted octanol–water partition coefficient (Wildman–Crippen LogP) is 3.46. The van der Waals surface area contributed by atoms with Crippen LogP contribution in [0.5, 0.6) is 0 Å². The van der Waals surface area contributed by atoms with Crippen LogP contribution in [-0.4, -0.2) is 11.9 Å². The van der Waals surface area contributed by atoms with Crippen LogP contribution in [0.2, 0.25) is 0 Å². The van der Waals surface area contributed by atoms with Gasteiger partial charge in [0, 0.05) is 13.1 Å². The number of rotatable bonds is 4. The van der Waals surface area contributed by atoms with Crippen LogP contribution in [0.3, 0.4) is 0 Å². The smallest absolute Gasteiger partial charge is 0.123 e. The molecular weight excluding hydrogens is 213 g/mol. The standard InChI is InChI=1S/C15H16FN/c1-17(11-13-6-3-2-4-7-13)12-14-8-5-9-15(16)10-14/h2-10H,11-12H2,1H3. The monoisotopic (exact) mass is 229 g/mol. The molecule has 2 aromatic carbocycles. The van der Waals surface area contributed by atoms with Gasteiger partial charge in [-0.1, -0.05) is 42.5 Å². The van der Waals surface area contributed by atoms with Crippen LogP contribution in [0, 0.1) is 5.82 Å². The fourth-order valence-corrected chi connectivity index (χ4v) is 1.90. The van der Waals surface area contributed by atoms with Crippen molar-refractivity contribution in [3.8, 4) is 0 Å². The van der Waals surface area contributed by atoms with E-state index in [2.05, 4.69) is 17.0 Å². The summed E-state index contributed by atoms with van der Waals surface area (Å²) in [5.41, 5.74) is 2.27. The molecule has 2 heteroatoms. The third-order valence-electron chi connectivity index (χ3n) is 2.64. The van der Waals surface area contributed by atoms with Crippen molar-refractivity contribution in [1.29, 1.82) is 0 Å². The van der Waals surface area contributed by atoms with Gasteiger partial charge in [-0.3, -0.25) is 4.90 Å². The van der Waals surface area contributed by atoms with E-state index in [9.17, 15) is 4.39 Å². The van der Waals surface area contributed by atoms with E-state index in [0.717, 1.165) is 18.7 Å². The van der Waals surface area contributed by atoms with Gasteiger partial charge in [0.25, 0.3) is 0 Å². The van der Waals surface area contributed by atoms with Gasteiger partial charge in [0.05, 0.1) is 0 Å². The minimum absolute atomic E-state index is 0.171. The Morgan fingerprint density at radius 2 is 1.53 bits per heavy atom. The summed E-state index contributed by atoms with van der Waals surface area (Å²) in [6.07, 6.45) is 0. The molecule has 0 radical (unpaired) electrons. The zero-order valence-electron chi connectivity index (χ0n) is 9.94. The quantitative estimate of drug-likeness (QED) is 0.776. The second-order valence-corrected chi connectivity index (χ2v) is 4.29. The zero-order valence-corrected chi connectivity index (χ0v) is 9.94. The lowest BCUT2D eigenvalue weighted by atomic mass is 10.2. The molecular formula is C15H16FN. The molecule has 1 nitrogen and oxygen atoms in total. The molecule has 0 saturated carbocycles. The maximum Gasteiger partial charge on any atom is 0.123 e. The Morgan fingerprint density at radius 1 is 0.882 bits per heavy atom.